The Morgan fingerprint density at radius 1 is 1.36 bits per heavy atom. The number of aliphatic hydroxyl groups is 1. The third kappa shape index (κ3) is 2.16. The number of thiophene rings is 1. The van der Waals surface area contributed by atoms with Crippen LogP contribution in [0.3, 0.4) is 0 Å². The number of aliphatic hydroxyl groups excluding tert-OH is 1. The summed E-state index contributed by atoms with van der Waals surface area (Å²) in [4.78, 5) is 4.34. The van der Waals surface area contributed by atoms with Crippen molar-refractivity contribution in [1.29, 1.82) is 0 Å². The van der Waals surface area contributed by atoms with Crippen molar-refractivity contribution < 1.29 is 5.11 Å². The molecule has 3 heteroatoms. The molecule has 0 fully saturated rings. The lowest BCUT2D eigenvalue weighted by atomic mass is 9.95. The number of hydrogen-bond acceptors (Lipinski definition) is 3. The van der Waals surface area contributed by atoms with E-state index in [-0.39, 0.29) is 5.54 Å². The summed E-state index contributed by atoms with van der Waals surface area (Å²) < 4.78 is 0. The van der Waals surface area contributed by atoms with Gasteiger partial charge in [0.2, 0.25) is 0 Å². The lowest BCUT2D eigenvalue weighted by Crippen LogP contribution is -2.43. The third-order valence-electron chi connectivity index (χ3n) is 2.85. The Labute approximate surface area is 90.2 Å². The maximum absolute atomic E-state index is 10.2. The normalized spacial score (nSPS) is 14.8. The van der Waals surface area contributed by atoms with Crippen molar-refractivity contribution >= 4 is 11.3 Å². The van der Waals surface area contributed by atoms with Crippen LogP contribution < -0.4 is 0 Å². The molecule has 80 valence electrons. The van der Waals surface area contributed by atoms with E-state index >= 15 is 0 Å². The lowest BCUT2D eigenvalue weighted by Gasteiger charge is -2.36. The molecule has 0 amide bonds. The summed E-state index contributed by atoms with van der Waals surface area (Å²) in [5.41, 5.74) is -0.225. The highest BCUT2D eigenvalue weighted by atomic mass is 32.1. The van der Waals surface area contributed by atoms with E-state index in [9.17, 15) is 5.11 Å². The van der Waals surface area contributed by atoms with Crippen LogP contribution in [-0.2, 0) is 0 Å². The summed E-state index contributed by atoms with van der Waals surface area (Å²) >= 11 is 1.66. The van der Waals surface area contributed by atoms with Gasteiger partial charge in [-0.2, -0.15) is 0 Å². The van der Waals surface area contributed by atoms with Crippen molar-refractivity contribution in [3.8, 4) is 0 Å². The van der Waals surface area contributed by atoms with E-state index in [1.165, 1.54) is 4.88 Å². The highest BCUT2D eigenvalue weighted by Gasteiger charge is 2.31. The van der Waals surface area contributed by atoms with Crippen molar-refractivity contribution in [3.05, 3.63) is 21.9 Å². The molecule has 1 atom stereocenters. The molecule has 0 bridgehead atoms. The van der Waals surface area contributed by atoms with Gasteiger partial charge in [-0.05, 0) is 47.0 Å². The van der Waals surface area contributed by atoms with Crippen LogP contribution in [0.15, 0.2) is 12.1 Å². The van der Waals surface area contributed by atoms with E-state index in [0.717, 1.165) is 4.88 Å². The number of nitrogens with zero attached hydrogens (tertiary/aromatic N) is 1. The average molecular weight is 213 g/mol. The molecule has 0 aliphatic carbocycles. The van der Waals surface area contributed by atoms with E-state index in [2.05, 4.69) is 13.0 Å². The number of aryl methyl sites for hydroxylation is 1. The minimum atomic E-state index is -0.420. The number of hydrogen-bond donors (Lipinski definition) is 1. The van der Waals surface area contributed by atoms with Gasteiger partial charge in [-0.25, -0.2) is 0 Å². The maximum Gasteiger partial charge on any atom is 0.106 e. The Morgan fingerprint density at radius 3 is 2.29 bits per heavy atom. The monoisotopic (exact) mass is 213 g/mol. The van der Waals surface area contributed by atoms with Crippen molar-refractivity contribution in [2.75, 3.05) is 14.1 Å². The lowest BCUT2D eigenvalue weighted by molar-refractivity contribution is 0.0187. The van der Waals surface area contributed by atoms with Gasteiger partial charge >= 0.3 is 0 Å². The van der Waals surface area contributed by atoms with Crippen LogP contribution in [0.25, 0.3) is 0 Å². The topological polar surface area (TPSA) is 23.5 Å². The average Bonchev–Trinajstić information content (AvgIpc) is 2.50. The second kappa shape index (κ2) is 4.01. The van der Waals surface area contributed by atoms with E-state index in [4.69, 9.17) is 0 Å². The Morgan fingerprint density at radius 2 is 1.93 bits per heavy atom. The molecule has 1 N–H and O–H groups in total. The molecule has 1 unspecified atom stereocenters. The van der Waals surface area contributed by atoms with Gasteiger partial charge in [-0.1, -0.05) is 0 Å². The SMILES string of the molecule is Cc1ccc(C(O)C(C)(C)N(C)C)s1. The van der Waals surface area contributed by atoms with Crippen LogP contribution in [-0.4, -0.2) is 29.6 Å². The minimum Gasteiger partial charge on any atom is -0.386 e. The van der Waals surface area contributed by atoms with Gasteiger partial charge in [-0.15, -0.1) is 11.3 Å². The molecule has 0 radical (unpaired) electrons. The largest absolute Gasteiger partial charge is 0.386 e. The molecule has 0 saturated carbocycles. The fraction of sp³-hybridized carbons (Fsp3) is 0.636. The standard InChI is InChI=1S/C11H19NOS/c1-8-6-7-9(14-8)10(13)11(2,3)12(4)5/h6-7,10,13H,1-5H3. The Balaban J connectivity index is 2.89. The smallest absolute Gasteiger partial charge is 0.106 e. The highest BCUT2D eigenvalue weighted by molar-refractivity contribution is 7.12. The Kier molecular flexibility index (Phi) is 3.35. The summed E-state index contributed by atoms with van der Waals surface area (Å²) in [6.45, 7) is 6.16. The molecule has 0 spiro atoms. The summed E-state index contributed by atoms with van der Waals surface area (Å²) in [7, 11) is 3.98. The molecule has 1 aromatic heterocycles. The van der Waals surface area contributed by atoms with E-state index in [1.54, 1.807) is 11.3 Å². The molecule has 1 rings (SSSR count). The van der Waals surface area contributed by atoms with Gasteiger partial charge in [0.1, 0.15) is 6.10 Å². The van der Waals surface area contributed by atoms with Crippen LogP contribution in [0, 0.1) is 6.92 Å². The fourth-order valence-corrected chi connectivity index (χ4v) is 2.24. The van der Waals surface area contributed by atoms with Gasteiger partial charge in [0, 0.05) is 15.3 Å². The fourth-order valence-electron chi connectivity index (χ4n) is 1.19. The van der Waals surface area contributed by atoms with Crippen molar-refractivity contribution in [2.24, 2.45) is 0 Å². The predicted molar refractivity (Wildman–Crippen MR) is 61.8 cm³/mol. The van der Waals surface area contributed by atoms with Crippen molar-refractivity contribution in [3.63, 3.8) is 0 Å². The third-order valence-corrected chi connectivity index (χ3v) is 3.91. The predicted octanol–water partition coefficient (Wildman–Crippen LogP) is 2.43. The summed E-state index contributed by atoms with van der Waals surface area (Å²) in [5.74, 6) is 0. The van der Waals surface area contributed by atoms with Crippen LogP contribution >= 0.6 is 11.3 Å². The first-order valence-corrected chi connectivity index (χ1v) is 5.59. The zero-order valence-corrected chi connectivity index (χ0v) is 10.4. The summed E-state index contributed by atoms with van der Waals surface area (Å²) in [6.07, 6.45) is -0.420. The molecule has 0 saturated heterocycles. The molecular weight excluding hydrogens is 194 g/mol. The molecular formula is C11H19NOS. The summed E-state index contributed by atoms with van der Waals surface area (Å²) in [5, 5.41) is 10.2. The second-order valence-corrected chi connectivity index (χ2v) is 5.72. The first kappa shape index (κ1) is 11.7. The first-order valence-electron chi connectivity index (χ1n) is 4.77. The molecule has 1 heterocycles. The van der Waals surface area contributed by atoms with Gasteiger partial charge in [0.25, 0.3) is 0 Å². The molecule has 14 heavy (non-hydrogen) atoms. The Bertz CT molecular complexity index is 304. The van der Waals surface area contributed by atoms with Crippen molar-refractivity contribution in [1.82, 2.24) is 4.90 Å². The van der Waals surface area contributed by atoms with Crippen LogP contribution in [0.2, 0.25) is 0 Å². The van der Waals surface area contributed by atoms with E-state index in [0.29, 0.717) is 0 Å². The molecule has 0 aromatic carbocycles. The number of rotatable bonds is 3. The van der Waals surface area contributed by atoms with Crippen molar-refractivity contribution in [2.45, 2.75) is 32.4 Å². The molecule has 0 aliphatic rings. The van der Waals surface area contributed by atoms with E-state index in [1.807, 2.05) is 38.9 Å². The highest BCUT2D eigenvalue weighted by Crippen LogP contribution is 2.33. The van der Waals surface area contributed by atoms with Gasteiger partial charge in [-0.3, -0.25) is 0 Å². The van der Waals surface area contributed by atoms with Crippen LogP contribution in [0.5, 0.6) is 0 Å². The first-order chi connectivity index (χ1) is 6.35. The zero-order valence-electron chi connectivity index (χ0n) is 9.53. The van der Waals surface area contributed by atoms with Gasteiger partial charge in [0.05, 0.1) is 0 Å². The molecule has 1 aromatic rings. The maximum atomic E-state index is 10.2. The molecule has 2 nitrogen and oxygen atoms in total. The zero-order chi connectivity index (χ0) is 10.9. The van der Waals surface area contributed by atoms with Gasteiger partial charge < -0.3 is 10.0 Å². The Hall–Kier alpha value is -0.380. The van der Waals surface area contributed by atoms with Gasteiger partial charge in [0.15, 0.2) is 0 Å². The second-order valence-electron chi connectivity index (χ2n) is 4.40. The number of likely N-dealkylation sites (N-methyl/N-ethyl adjacent to an activating group) is 1. The summed E-state index contributed by atoms with van der Waals surface area (Å²) in [6, 6.07) is 4.06. The van der Waals surface area contributed by atoms with Crippen LogP contribution in [0.4, 0.5) is 0 Å². The molecule has 0 aliphatic heterocycles. The van der Waals surface area contributed by atoms with Crippen LogP contribution in [0.1, 0.15) is 29.7 Å². The minimum absolute atomic E-state index is 0.225. The van der Waals surface area contributed by atoms with E-state index < -0.39 is 6.10 Å². The quantitative estimate of drug-likeness (QED) is 0.833.